The normalized spacial score (nSPS) is 24.2. The van der Waals surface area contributed by atoms with E-state index in [1.165, 1.54) is 5.56 Å². The van der Waals surface area contributed by atoms with Gasteiger partial charge in [-0.25, -0.2) is 4.39 Å². The van der Waals surface area contributed by atoms with Crippen molar-refractivity contribution in [1.82, 2.24) is 5.32 Å². The van der Waals surface area contributed by atoms with Gasteiger partial charge in [-0.1, -0.05) is 32.4 Å². The average molecular weight is 221 g/mol. The summed E-state index contributed by atoms with van der Waals surface area (Å²) in [6.45, 7) is 5.21. The fourth-order valence-electron chi connectivity index (χ4n) is 2.68. The lowest BCUT2D eigenvalue weighted by Crippen LogP contribution is -2.33. The Morgan fingerprint density at radius 3 is 2.88 bits per heavy atom. The van der Waals surface area contributed by atoms with Gasteiger partial charge < -0.3 is 5.32 Å². The molecular formula is C14H20FN. The molecule has 2 rings (SSSR count). The summed E-state index contributed by atoms with van der Waals surface area (Å²) in [6, 6.07) is 5.85. The first-order chi connectivity index (χ1) is 7.77. The third kappa shape index (κ3) is 1.99. The second kappa shape index (κ2) is 4.96. The SMILES string of the molecule is CCCC1NCC(CC)c2c(F)cccc21. The summed E-state index contributed by atoms with van der Waals surface area (Å²) in [6.07, 6.45) is 3.22. The average Bonchev–Trinajstić information content (AvgIpc) is 2.30. The second-order valence-corrected chi connectivity index (χ2v) is 4.60. The van der Waals surface area contributed by atoms with Gasteiger partial charge in [-0.05, 0) is 36.0 Å². The lowest BCUT2D eigenvalue weighted by molar-refractivity contribution is 0.410. The molecule has 1 nitrogen and oxygen atoms in total. The minimum Gasteiger partial charge on any atom is -0.309 e. The Labute approximate surface area is 97.1 Å². The van der Waals surface area contributed by atoms with E-state index in [-0.39, 0.29) is 5.82 Å². The highest BCUT2D eigenvalue weighted by Gasteiger charge is 2.27. The summed E-state index contributed by atoms with van der Waals surface area (Å²) >= 11 is 0. The number of fused-ring (bicyclic) bond motifs is 1. The van der Waals surface area contributed by atoms with Gasteiger partial charge in [-0.2, -0.15) is 0 Å². The molecule has 0 aromatic heterocycles. The third-order valence-corrected chi connectivity index (χ3v) is 3.55. The van der Waals surface area contributed by atoms with Crippen molar-refractivity contribution in [3.05, 3.63) is 35.1 Å². The Morgan fingerprint density at radius 2 is 2.19 bits per heavy atom. The van der Waals surface area contributed by atoms with Gasteiger partial charge in [0.15, 0.2) is 0 Å². The molecule has 0 saturated heterocycles. The minimum absolute atomic E-state index is 0.0213. The van der Waals surface area contributed by atoms with Crippen molar-refractivity contribution in [2.24, 2.45) is 0 Å². The molecular weight excluding hydrogens is 201 g/mol. The molecule has 2 heteroatoms. The van der Waals surface area contributed by atoms with Gasteiger partial charge in [0.05, 0.1) is 0 Å². The molecule has 1 N–H and O–H groups in total. The van der Waals surface area contributed by atoms with Crippen LogP contribution in [0.1, 0.15) is 56.2 Å². The van der Waals surface area contributed by atoms with E-state index in [1.54, 1.807) is 6.07 Å². The molecule has 0 amide bonds. The first-order valence-corrected chi connectivity index (χ1v) is 6.29. The topological polar surface area (TPSA) is 12.0 Å². The monoisotopic (exact) mass is 221 g/mol. The molecule has 2 unspecified atom stereocenters. The van der Waals surface area contributed by atoms with E-state index in [4.69, 9.17) is 0 Å². The van der Waals surface area contributed by atoms with Crippen molar-refractivity contribution in [3.63, 3.8) is 0 Å². The molecule has 0 bridgehead atoms. The summed E-state index contributed by atoms with van der Waals surface area (Å²) in [5, 5.41) is 3.54. The largest absolute Gasteiger partial charge is 0.309 e. The number of nitrogens with one attached hydrogen (secondary N) is 1. The van der Waals surface area contributed by atoms with Crippen molar-refractivity contribution in [3.8, 4) is 0 Å². The lowest BCUT2D eigenvalue weighted by Gasteiger charge is -2.32. The van der Waals surface area contributed by atoms with Gasteiger partial charge in [0, 0.05) is 12.6 Å². The molecule has 1 aliphatic heterocycles. The van der Waals surface area contributed by atoms with Crippen molar-refractivity contribution < 1.29 is 4.39 Å². The van der Waals surface area contributed by atoms with Gasteiger partial charge in [-0.15, -0.1) is 0 Å². The van der Waals surface area contributed by atoms with Crippen molar-refractivity contribution in [1.29, 1.82) is 0 Å². The predicted molar refractivity (Wildman–Crippen MR) is 65.1 cm³/mol. The van der Waals surface area contributed by atoms with Crippen LogP contribution in [0.5, 0.6) is 0 Å². The summed E-state index contributed by atoms with van der Waals surface area (Å²) in [5.74, 6) is 0.316. The van der Waals surface area contributed by atoms with Crippen LogP contribution < -0.4 is 5.32 Å². The fraction of sp³-hybridized carbons (Fsp3) is 0.571. The van der Waals surface area contributed by atoms with E-state index in [2.05, 4.69) is 25.2 Å². The Balaban J connectivity index is 2.40. The van der Waals surface area contributed by atoms with E-state index in [0.717, 1.165) is 31.4 Å². The summed E-state index contributed by atoms with van der Waals surface area (Å²) in [5.41, 5.74) is 2.14. The van der Waals surface area contributed by atoms with E-state index < -0.39 is 0 Å². The van der Waals surface area contributed by atoms with Gasteiger partial charge in [0.1, 0.15) is 5.82 Å². The van der Waals surface area contributed by atoms with E-state index in [9.17, 15) is 4.39 Å². The number of hydrogen-bond acceptors (Lipinski definition) is 1. The first-order valence-electron chi connectivity index (χ1n) is 6.29. The zero-order valence-corrected chi connectivity index (χ0v) is 10.1. The zero-order valence-electron chi connectivity index (χ0n) is 10.1. The molecule has 0 aliphatic carbocycles. The highest BCUT2D eigenvalue weighted by molar-refractivity contribution is 5.36. The molecule has 1 aromatic rings. The Hall–Kier alpha value is -0.890. The van der Waals surface area contributed by atoms with Crippen LogP contribution in [0.25, 0.3) is 0 Å². The lowest BCUT2D eigenvalue weighted by atomic mass is 9.83. The van der Waals surface area contributed by atoms with Crippen LogP contribution in [0.3, 0.4) is 0 Å². The van der Waals surface area contributed by atoms with Crippen LogP contribution in [-0.2, 0) is 0 Å². The maximum atomic E-state index is 13.9. The quantitative estimate of drug-likeness (QED) is 0.819. The molecule has 0 saturated carbocycles. The van der Waals surface area contributed by atoms with Crippen LogP contribution in [0.4, 0.5) is 4.39 Å². The summed E-state index contributed by atoms with van der Waals surface area (Å²) in [4.78, 5) is 0. The smallest absolute Gasteiger partial charge is 0.127 e. The summed E-state index contributed by atoms with van der Waals surface area (Å²) < 4.78 is 13.9. The van der Waals surface area contributed by atoms with Gasteiger partial charge >= 0.3 is 0 Å². The Bertz CT molecular complexity index is 362. The van der Waals surface area contributed by atoms with Crippen LogP contribution >= 0.6 is 0 Å². The van der Waals surface area contributed by atoms with Gasteiger partial charge in [-0.3, -0.25) is 0 Å². The molecule has 16 heavy (non-hydrogen) atoms. The minimum atomic E-state index is -0.0213. The number of hydrogen-bond donors (Lipinski definition) is 1. The van der Waals surface area contributed by atoms with Crippen molar-refractivity contribution in [2.45, 2.75) is 45.1 Å². The second-order valence-electron chi connectivity index (χ2n) is 4.60. The molecule has 0 spiro atoms. The predicted octanol–water partition coefficient (Wildman–Crippen LogP) is 3.76. The molecule has 0 fully saturated rings. The highest BCUT2D eigenvalue weighted by Crippen LogP contribution is 2.35. The van der Waals surface area contributed by atoms with Crippen molar-refractivity contribution >= 4 is 0 Å². The number of benzene rings is 1. The molecule has 1 aromatic carbocycles. The van der Waals surface area contributed by atoms with Crippen LogP contribution in [0.15, 0.2) is 18.2 Å². The first kappa shape index (κ1) is 11.6. The third-order valence-electron chi connectivity index (χ3n) is 3.55. The maximum Gasteiger partial charge on any atom is 0.127 e. The fourth-order valence-corrected chi connectivity index (χ4v) is 2.68. The molecule has 2 atom stereocenters. The Morgan fingerprint density at radius 1 is 1.38 bits per heavy atom. The van der Waals surface area contributed by atoms with Crippen LogP contribution in [0.2, 0.25) is 0 Å². The van der Waals surface area contributed by atoms with Crippen LogP contribution in [0, 0.1) is 5.82 Å². The molecule has 0 radical (unpaired) electrons. The van der Waals surface area contributed by atoms with Crippen molar-refractivity contribution in [2.75, 3.05) is 6.54 Å². The van der Waals surface area contributed by atoms with E-state index in [0.29, 0.717) is 12.0 Å². The standard InChI is InChI=1S/C14H20FN/c1-3-6-13-11-7-5-8-12(15)14(11)10(4-2)9-16-13/h5,7-8,10,13,16H,3-4,6,9H2,1-2H3. The molecule has 1 heterocycles. The summed E-state index contributed by atoms with van der Waals surface area (Å²) in [7, 11) is 0. The highest BCUT2D eigenvalue weighted by atomic mass is 19.1. The van der Waals surface area contributed by atoms with Gasteiger partial charge in [0.25, 0.3) is 0 Å². The molecule has 1 aliphatic rings. The zero-order chi connectivity index (χ0) is 11.5. The Kier molecular flexibility index (Phi) is 3.59. The maximum absolute atomic E-state index is 13.9. The van der Waals surface area contributed by atoms with E-state index in [1.807, 2.05) is 6.07 Å². The number of halogens is 1. The van der Waals surface area contributed by atoms with Crippen LogP contribution in [-0.4, -0.2) is 6.54 Å². The van der Waals surface area contributed by atoms with Gasteiger partial charge in [0.2, 0.25) is 0 Å². The number of rotatable bonds is 3. The molecule has 88 valence electrons. The van der Waals surface area contributed by atoms with E-state index >= 15 is 0 Å².